The number of aliphatic hydroxyl groups is 1. The first kappa shape index (κ1) is 19.1. The SMILES string of the molecule is Cc1cc(C)n(-c2cccc(CN3CCN(C(C)C)[C@@H](CCO)C3)c2)n1. The smallest absolute Gasteiger partial charge is 0.0651 e. The minimum atomic E-state index is 0.259. The highest BCUT2D eigenvalue weighted by molar-refractivity contribution is 5.37. The van der Waals surface area contributed by atoms with Crippen molar-refractivity contribution in [2.75, 3.05) is 26.2 Å². The Labute approximate surface area is 157 Å². The molecule has 0 amide bonds. The molecular weight excluding hydrogens is 324 g/mol. The van der Waals surface area contributed by atoms with Crippen molar-refractivity contribution in [1.29, 1.82) is 0 Å². The summed E-state index contributed by atoms with van der Waals surface area (Å²) in [5, 5.41) is 14.0. The highest BCUT2D eigenvalue weighted by atomic mass is 16.3. The molecule has 2 aromatic rings. The summed E-state index contributed by atoms with van der Waals surface area (Å²) in [7, 11) is 0. The molecule has 5 nitrogen and oxygen atoms in total. The summed E-state index contributed by atoms with van der Waals surface area (Å²) in [5.41, 5.74) is 4.65. The summed E-state index contributed by atoms with van der Waals surface area (Å²) >= 11 is 0. The van der Waals surface area contributed by atoms with Crippen molar-refractivity contribution in [3.8, 4) is 5.69 Å². The molecule has 1 aromatic carbocycles. The van der Waals surface area contributed by atoms with Gasteiger partial charge in [-0.2, -0.15) is 5.10 Å². The fourth-order valence-electron chi connectivity index (χ4n) is 4.10. The van der Waals surface area contributed by atoms with Gasteiger partial charge in [-0.25, -0.2) is 4.68 Å². The maximum Gasteiger partial charge on any atom is 0.0651 e. The predicted octanol–water partition coefficient (Wildman–Crippen LogP) is 2.77. The minimum absolute atomic E-state index is 0.259. The fraction of sp³-hybridized carbons (Fsp3) is 0.571. The zero-order valence-corrected chi connectivity index (χ0v) is 16.5. The Kier molecular flexibility index (Phi) is 6.12. The van der Waals surface area contributed by atoms with E-state index in [0.29, 0.717) is 12.1 Å². The molecule has 1 aliphatic rings. The number of nitrogens with zero attached hydrogens (tertiary/aromatic N) is 4. The first-order chi connectivity index (χ1) is 12.5. The van der Waals surface area contributed by atoms with Crippen LogP contribution in [0, 0.1) is 13.8 Å². The number of rotatable bonds is 6. The van der Waals surface area contributed by atoms with Gasteiger partial charge in [-0.05, 0) is 57.9 Å². The predicted molar refractivity (Wildman–Crippen MR) is 106 cm³/mol. The molecule has 2 heterocycles. The van der Waals surface area contributed by atoms with Crippen LogP contribution in [0.2, 0.25) is 0 Å². The second-order valence-corrected chi connectivity index (χ2v) is 7.74. The van der Waals surface area contributed by atoms with Gasteiger partial charge in [0.05, 0.1) is 11.4 Å². The Morgan fingerprint density at radius 1 is 1.19 bits per heavy atom. The topological polar surface area (TPSA) is 44.5 Å². The number of piperazine rings is 1. The van der Waals surface area contributed by atoms with Crippen molar-refractivity contribution in [1.82, 2.24) is 19.6 Å². The van der Waals surface area contributed by atoms with Crippen molar-refractivity contribution < 1.29 is 5.11 Å². The standard InChI is InChI=1S/C21H32N4O/c1-16(2)24-10-9-23(15-21(24)8-11-26)14-19-6-5-7-20(13-19)25-18(4)12-17(3)22-25/h5-7,12-13,16,21,26H,8-11,14-15H2,1-4H3/t21-/m0/s1. The number of aliphatic hydroxyl groups excluding tert-OH is 1. The highest BCUT2D eigenvalue weighted by Gasteiger charge is 2.28. The van der Waals surface area contributed by atoms with Crippen LogP contribution in [0.15, 0.2) is 30.3 Å². The van der Waals surface area contributed by atoms with E-state index in [0.717, 1.165) is 49.7 Å². The first-order valence-corrected chi connectivity index (χ1v) is 9.69. The maximum absolute atomic E-state index is 9.43. The van der Waals surface area contributed by atoms with Crippen LogP contribution in [-0.2, 0) is 6.54 Å². The molecule has 5 heteroatoms. The largest absolute Gasteiger partial charge is 0.396 e. The van der Waals surface area contributed by atoms with Crippen molar-refractivity contribution in [3.63, 3.8) is 0 Å². The molecule has 0 spiro atoms. The lowest BCUT2D eigenvalue weighted by Crippen LogP contribution is -2.55. The Bertz CT molecular complexity index is 725. The van der Waals surface area contributed by atoms with Crippen molar-refractivity contribution in [2.24, 2.45) is 0 Å². The van der Waals surface area contributed by atoms with E-state index in [1.165, 1.54) is 5.56 Å². The van der Waals surface area contributed by atoms with E-state index in [2.05, 4.69) is 66.0 Å². The number of benzene rings is 1. The number of aryl methyl sites for hydroxylation is 2. The van der Waals surface area contributed by atoms with Crippen LogP contribution in [0.1, 0.15) is 37.2 Å². The molecule has 1 atom stereocenters. The van der Waals surface area contributed by atoms with Crippen LogP contribution in [0.4, 0.5) is 0 Å². The van der Waals surface area contributed by atoms with Gasteiger partial charge in [-0.3, -0.25) is 9.80 Å². The zero-order valence-electron chi connectivity index (χ0n) is 16.5. The molecular formula is C21H32N4O. The molecule has 0 aliphatic carbocycles. The Balaban J connectivity index is 1.71. The van der Waals surface area contributed by atoms with Gasteiger partial charge < -0.3 is 5.11 Å². The molecule has 0 saturated carbocycles. The lowest BCUT2D eigenvalue weighted by atomic mass is 10.1. The van der Waals surface area contributed by atoms with Crippen LogP contribution < -0.4 is 0 Å². The summed E-state index contributed by atoms with van der Waals surface area (Å²) in [6.45, 7) is 13.0. The summed E-state index contributed by atoms with van der Waals surface area (Å²) in [4.78, 5) is 5.04. The van der Waals surface area contributed by atoms with Gasteiger partial charge in [0.2, 0.25) is 0 Å². The first-order valence-electron chi connectivity index (χ1n) is 9.69. The van der Waals surface area contributed by atoms with E-state index in [1.54, 1.807) is 0 Å². The van der Waals surface area contributed by atoms with Gasteiger partial charge in [0.1, 0.15) is 0 Å². The number of hydrogen-bond acceptors (Lipinski definition) is 4. The summed E-state index contributed by atoms with van der Waals surface area (Å²) in [6, 6.07) is 11.8. The van der Waals surface area contributed by atoms with E-state index in [1.807, 2.05) is 11.6 Å². The normalized spacial score (nSPS) is 19.4. The van der Waals surface area contributed by atoms with Crippen molar-refractivity contribution >= 4 is 0 Å². The highest BCUT2D eigenvalue weighted by Crippen LogP contribution is 2.20. The lowest BCUT2D eigenvalue weighted by Gasteiger charge is -2.43. The van der Waals surface area contributed by atoms with Crippen LogP contribution >= 0.6 is 0 Å². The van der Waals surface area contributed by atoms with E-state index >= 15 is 0 Å². The summed E-state index contributed by atoms with van der Waals surface area (Å²) in [6.07, 6.45) is 0.848. The molecule has 142 valence electrons. The van der Waals surface area contributed by atoms with Crippen LogP contribution in [-0.4, -0.2) is 63.0 Å². The molecule has 26 heavy (non-hydrogen) atoms. The second-order valence-electron chi connectivity index (χ2n) is 7.74. The Morgan fingerprint density at radius 2 is 2.00 bits per heavy atom. The summed E-state index contributed by atoms with van der Waals surface area (Å²) in [5.74, 6) is 0. The summed E-state index contributed by atoms with van der Waals surface area (Å²) < 4.78 is 2.02. The zero-order chi connectivity index (χ0) is 18.7. The minimum Gasteiger partial charge on any atom is -0.396 e. The average Bonchev–Trinajstić information content (AvgIpc) is 2.94. The number of aromatic nitrogens is 2. The van der Waals surface area contributed by atoms with Gasteiger partial charge in [-0.1, -0.05) is 12.1 Å². The van der Waals surface area contributed by atoms with E-state index in [9.17, 15) is 5.11 Å². The Morgan fingerprint density at radius 3 is 2.65 bits per heavy atom. The van der Waals surface area contributed by atoms with Gasteiger partial charge >= 0.3 is 0 Å². The molecule has 1 aromatic heterocycles. The molecule has 0 radical (unpaired) electrons. The molecule has 3 rings (SSSR count). The quantitative estimate of drug-likeness (QED) is 0.864. The third kappa shape index (κ3) is 4.34. The molecule has 0 bridgehead atoms. The van der Waals surface area contributed by atoms with Crippen LogP contribution in [0.3, 0.4) is 0 Å². The molecule has 0 unspecified atom stereocenters. The maximum atomic E-state index is 9.43. The van der Waals surface area contributed by atoms with Gasteiger partial charge in [0, 0.05) is 50.6 Å². The van der Waals surface area contributed by atoms with Gasteiger partial charge in [0.15, 0.2) is 0 Å². The lowest BCUT2D eigenvalue weighted by molar-refractivity contribution is 0.0349. The average molecular weight is 357 g/mol. The third-order valence-electron chi connectivity index (χ3n) is 5.31. The Hall–Kier alpha value is -1.69. The van der Waals surface area contributed by atoms with E-state index < -0.39 is 0 Å². The number of hydrogen-bond donors (Lipinski definition) is 1. The van der Waals surface area contributed by atoms with E-state index in [4.69, 9.17) is 0 Å². The molecule has 1 N–H and O–H groups in total. The second kappa shape index (κ2) is 8.33. The van der Waals surface area contributed by atoms with Crippen molar-refractivity contribution in [3.05, 3.63) is 47.3 Å². The molecule has 1 aliphatic heterocycles. The van der Waals surface area contributed by atoms with Gasteiger partial charge in [-0.15, -0.1) is 0 Å². The van der Waals surface area contributed by atoms with Crippen LogP contribution in [0.5, 0.6) is 0 Å². The third-order valence-corrected chi connectivity index (χ3v) is 5.31. The monoisotopic (exact) mass is 356 g/mol. The van der Waals surface area contributed by atoms with E-state index in [-0.39, 0.29) is 6.61 Å². The molecule has 1 fully saturated rings. The van der Waals surface area contributed by atoms with Gasteiger partial charge in [0.25, 0.3) is 0 Å². The van der Waals surface area contributed by atoms with Crippen LogP contribution in [0.25, 0.3) is 5.69 Å². The van der Waals surface area contributed by atoms with Crippen molar-refractivity contribution in [2.45, 2.75) is 52.7 Å². The fourth-order valence-corrected chi connectivity index (χ4v) is 4.10. The molecule has 1 saturated heterocycles.